The van der Waals surface area contributed by atoms with Gasteiger partial charge in [0.25, 0.3) is 10.2 Å². The highest BCUT2D eigenvalue weighted by molar-refractivity contribution is 7.86. The molecule has 5 atom stereocenters. The standard InChI is InChI=1S/C15H19N3O.C15H21NO2.C12H23N3O2S.C6H12O.C3H8.C2H5NO.2C2H6/c1-9-4-3-5-12(9)18-13-11(8-16-10(2)17-13)15(6-7-15)14(18)19;1-13-8-9-14(7-5-3-4-6-10-17)11-15(13)16(2)12-18;1-10-3-5-14(6-4-10)18(16,17)15-8-11-7-13(2)9-12(11)15;1-3-4-6(2)5-7;1-3-2;1-3-2-4;2*1-2/h8-9,12H,3-7H2,1-2H3;8-12H,3-7H2,1-2H3;10-12H,3-9H2,1-2H3;5-6H,3-4H2,1-2H3;3H2,1-2H3;2H,1H3,(H,3,4);2*1-2H3. The van der Waals surface area contributed by atoms with Gasteiger partial charge in [0.15, 0.2) is 0 Å². The number of piperidine rings is 1. The molecule has 416 valence electrons. The Hall–Kier alpha value is -4.12. The summed E-state index contributed by atoms with van der Waals surface area (Å²) < 4.78 is 28.5. The molecule has 1 aromatic heterocycles. The van der Waals surface area contributed by atoms with E-state index in [1.165, 1.54) is 24.8 Å². The largest absolute Gasteiger partial charge is 0.362 e. The van der Waals surface area contributed by atoms with E-state index in [0.29, 0.717) is 55.6 Å². The Bertz CT molecular complexity index is 2030. The Morgan fingerprint density at radius 2 is 1.53 bits per heavy atom. The van der Waals surface area contributed by atoms with Crippen molar-refractivity contribution in [3.8, 4) is 0 Å². The van der Waals surface area contributed by atoms with Crippen molar-refractivity contribution in [2.75, 3.05) is 63.7 Å². The number of nitrogens with one attached hydrogen (secondary N) is 1. The number of carbonyl (C=O) groups excluding carboxylic acids is 5. The van der Waals surface area contributed by atoms with Crippen molar-refractivity contribution in [2.45, 2.75) is 197 Å². The number of nitrogens with zero attached hydrogens (tertiary/aromatic N) is 7. The van der Waals surface area contributed by atoms with Crippen molar-refractivity contribution in [3.05, 3.63) is 46.9 Å². The molecule has 73 heavy (non-hydrogen) atoms. The SMILES string of the molecule is CC.CC.CC1CCN(S(=O)(=O)N2CC3CN(C)CC32)CC1.CCC.CCCC(C)C=O.CNC=O.Cc1ccc(CCCCCC=O)cc1N(C)C=O.Cc1ncc2c(n1)N(C1CCCC1C)C(=O)C21CC1. The van der Waals surface area contributed by atoms with E-state index in [4.69, 9.17) is 4.79 Å². The van der Waals surface area contributed by atoms with Crippen LogP contribution in [0.3, 0.4) is 0 Å². The Morgan fingerprint density at radius 3 is 2.03 bits per heavy atom. The zero-order valence-corrected chi connectivity index (χ0v) is 48.9. The first-order chi connectivity index (χ1) is 34.9. The lowest BCUT2D eigenvalue weighted by Crippen LogP contribution is -2.62. The molecular formula is C57H100N8O7S. The topological polar surface area (TPSA) is 174 Å². The van der Waals surface area contributed by atoms with Crippen LogP contribution in [0.5, 0.6) is 0 Å². The molecule has 15 nitrogen and oxygen atoms in total. The zero-order chi connectivity index (χ0) is 55.3. The van der Waals surface area contributed by atoms with Crippen molar-refractivity contribution < 1.29 is 32.4 Å². The Balaban J connectivity index is 0.000000471. The molecule has 2 aromatic rings. The lowest BCUT2D eigenvalue weighted by atomic mass is 9.96. The lowest BCUT2D eigenvalue weighted by molar-refractivity contribution is -0.121. The van der Waals surface area contributed by atoms with Crippen LogP contribution in [0.15, 0.2) is 24.4 Å². The molecule has 6 aliphatic rings. The van der Waals surface area contributed by atoms with E-state index in [1.807, 2.05) is 59.6 Å². The first-order valence-electron chi connectivity index (χ1n) is 27.8. The monoisotopic (exact) mass is 1040 g/mol. The fourth-order valence-corrected chi connectivity index (χ4v) is 11.7. The van der Waals surface area contributed by atoms with E-state index >= 15 is 0 Å². The van der Waals surface area contributed by atoms with Crippen molar-refractivity contribution in [1.29, 1.82) is 0 Å². The number of aldehydes is 2. The number of rotatable bonds is 15. The molecule has 16 heteroatoms. The van der Waals surface area contributed by atoms with E-state index in [1.54, 1.807) is 27.6 Å². The second-order valence-electron chi connectivity index (χ2n) is 20.2. The molecule has 4 aliphatic heterocycles. The van der Waals surface area contributed by atoms with Gasteiger partial charge in [0, 0.05) is 94.6 Å². The maximum atomic E-state index is 12.8. The van der Waals surface area contributed by atoms with Gasteiger partial charge in [-0.05, 0) is 114 Å². The molecule has 2 aliphatic carbocycles. The number of hydrogen-bond donors (Lipinski definition) is 1. The van der Waals surface area contributed by atoms with Gasteiger partial charge in [-0.15, -0.1) is 0 Å². The number of unbranched alkanes of at least 4 members (excludes halogenated alkanes) is 3. The molecular weight excluding hydrogens is 941 g/mol. The fraction of sp³-hybridized carbons (Fsp3) is 0.737. The Morgan fingerprint density at radius 1 is 0.904 bits per heavy atom. The number of amides is 3. The number of anilines is 2. The minimum Gasteiger partial charge on any atom is -0.362 e. The highest BCUT2D eigenvalue weighted by Crippen LogP contribution is 2.58. The molecule has 1 spiro atoms. The van der Waals surface area contributed by atoms with E-state index in [9.17, 15) is 27.6 Å². The van der Waals surface area contributed by atoms with Crippen LogP contribution in [0, 0.1) is 37.5 Å². The quantitative estimate of drug-likeness (QED) is 0.134. The van der Waals surface area contributed by atoms with Crippen LogP contribution in [0.25, 0.3) is 0 Å². The van der Waals surface area contributed by atoms with E-state index in [0.717, 1.165) is 138 Å². The molecule has 3 amide bonds. The summed E-state index contributed by atoms with van der Waals surface area (Å²) >= 11 is 0. The molecule has 5 heterocycles. The van der Waals surface area contributed by atoms with Crippen molar-refractivity contribution >= 4 is 53.0 Å². The molecule has 1 aromatic carbocycles. The normalized spacial score (nSPS) is 21.6. The van der Waals surface area contributed by atoms with Gasteiger partial charge in [0.1, 0.15) is 24.2 Å². The fourth-order valence-electron chi connectivity index (χ4n) is 9.78. The number of aryl methyl sites for hydroxylation is 3. The zero-order valence-electron chi connectivity index (χ0n) is 48.1. The van der Waals surface area contributed by atoms with Crippen LogP contribution in [-0.4, -0.2) is 129 Å². The number of likely N-dealkylation sites (tertiary alicyclic amines) is 1. The summed E-state index contributed by atoms with van der Waals surface area (Å²) in [5.74, 6) is 4.05. The minimum absolute atomic E-state index is 0.236. The average molecular weight is 1040 g/mol. The molecule has 5 unspecified atom stereocenters. The summed E-state index contributed by atoms with van der Waals surface area (Å²) in [5, 5.41) is 2.25. The molecule has 0 bridgehead atoms. The second-order valence-corrected chi connectivity index (χ2v) is 22.1. The van der Waals surface area contributed by atoms with Gasteiger partial charge in [0.2, 0.25) is 18.7 Å². The first kappa shape index (κ1) is 66.9. The molecule has 2 saturated carbocycles. The smallest absolute Gasteiger partial charge is 0.282 e. The van der Waals surface area contributed by atoms with Gasteiger partial charge in [-0.3, -0.25) is 19.3 Å². The van der Waals surface area contributed by atoms with Crippen LogP contribution in [0.2, 0.25) is 0 Å². The summed E-state index contributed by atoms with van der Waals surface area (Å²) in [7, 11) is 2.22. The maximum Gasteiger partial charge on any atom is 0.282 e. The van der Waals surface area contributed by atoms with E-state index in [2.05, 4.69) is 80.1 Å². The average Bonchev–Trinajstić information content (AvgIpc) is 3.94. The highest BCUT2D eigenvalue weighted by Gasteiger charge is 2.62. The summed E-state index contributed by atoms with van der Waals surface area (Å²) in [6.07, 6.45) is 21.0. The van der Waals surface area contributed by atoms with Crippen LogP contribution in [-0.2, 0) is 46.0 Å². The van der Waals surface area contributed by atoms with Crippen LogP contribution in [0.4, 0.5) is 11.5 Å². The third kappa shape index (κ3) is 19.8. The number of hydrogen-bond acceptors (Lipinski definition) is 10. The molecule has 5 fully saturated rings. The van der Waals surface area contributed by atoms with Gasteiger partial charge < -0.3 is 24.7 Å². The number of benzene rings is 1. The van der Waals surface area contributed by atoms with Gasteiger partial charge >= 0.3 is 0 Å². The molecule has 8 rings (SSSR count). The predicted molar refractivity (Wildman–Crippen MR) is 300 cm³/mol. The van der Waals surface area contributed by atoms with Gasteiger partial charge in [-0.1, -0.05) is 107 Å². The van der Waals surface area contributed by atoms with Crippen molar-refractivity contribution in [2.24, 2.45) is 23.7 Å². The van der Waals surface area contributed by atoms with E-state index in [-0.39, 0.29) is 17.4 Å². The molecule has 1 N–H and O–H groups in total. The number of carbonyl (C=O) groups is 5. The second kappa shape index (κ2) is 35.2. The number of likely N-dealkylation sites (N-methyl/N-ethyl adjacent to an activating group) is 1. The van der Waals surface area contributed by atoms with Crippen LogP contribution < -0.4 is 15.1 Å². The third-order valence-electron chi connectivity index (χ3n) is 14.1. The summed E-state index contributed by atoms with van der Waals surface area (Å²) in [5.41, 5.74) is 4.16. The van der Waals surface area contributed by atoms with E-state index < -0.39 is 10.2 Å². The summed E-state index contributed by atoms with van der Waals surface area (Å²) in [6.45, 7) is 28.7. The van der Waals surface area contributed by atoms with Crippen molar-refractivity contribution in [1.82, 2.24) is 28.8 Å². The lowest BCUT2D eigenvalue weighted by Gasteiger charge is -2.45. The van der Waals surface area contributed by atoms with Crippen LogP contribution in [0.1, 0.15) is 182 Å². The van der Waals surface area contributed by atoms with Crippen LogP contribution >= 0.6 is 0 Å². The molecule has 0 radical (unpaired) electrons. The highest BCUT2D eigenvalue weighted by atomic mass is 32.2. The third-order valence-corrected chi connectivity index (χ3v) is 16.1. The first-order valence-corrected chi connectivity index (χ1v) is 29.2. The van der Waals surface area contributed by atoms with Crippen molar-refractivity contribution in [3.63, 3.8) is 0 Å². The van der Waals surface area contributed by atoms with Gasteiger partial charge in [-0.25, -0.2) is 9.97 Å². The summed E-state index contributed by atoms with van der Waals surface area (Å²) in [6, 6.07) is 6.82. The Labute approximate surface area is 443 Å². The van der Waals surface area contributed by atoms with Gasteiger partial charge in [0.05, 0.1) is 5.41 Å². The maximum absolute atomic E-state index is 12.8. The number of fused-ring (bicyclic) bond motifs is 3. The molecule has 3 saturated heterocycles. The Kier molecular flexibility index (Phi) is 32.3. The number of aromatic nitrogens is 2. The summed E-state index contributed by atoms with van der Waals surface area (Å²) in [4.78, 5) is 67.6. The predicted octanol–water partition coefficient (Wildman–Crippen LogP) is 9.90. The minimum atomic E-state index is -3.19. The van der Waals surface area contributed by atoms with Gasteiger partial charge in [-0.2, -0.15) is 17.0 Å².